The number of hydrogen-bond donors (Lipinski definition) is 0. The summed E-state index contributed by atoms with van der Waals surface area (Å²) in [5.74, 6) is -0.0766. The van der Waals surface area contributed by atoms with Gasteiger partial charge in [-0.25, -0.2) is 4.39 Å². The second-order valence-electron chi connectivity index (χ2n) is 3.83. The van der Waals surface area contributed by atoms with Gasteiger partial charge in [0.05, 0.1) is 4.47 Å². The van der Waals surface area contributed by atoms with Crippen LogP contribution < -0.4 is 4.74 Å². The lowest BCUT2D eigenvalue weighted by atomic mass is 10.2. The molecule has 0 spiro atoms. The molecule has 0 aromatic heterocycles. The van der Waals surface area contributed by atoms with E-state index in [-0.39, 0.29) is 11.6 Å². The van der Waals surface area contributed by atoms with Gasteiger partial charge in [-0.3, -0.25) is 0 Å². The fraction of sp³-hybridized carbons (Fsp3) is 0.143. The van der Waals surface area contributed by atoms with E-state index < -0.39 is 0 Å². The lowest BCUT2D eigenvalue weighted by Crippen LogP contribution is -1.98. The number of aryl methyl sites for hydroxylation is 1. The third-order valence-electron chi connectivity index (χ3n) is 2.37. The summed E-state index contributed by atoms with van der Waals surface area (Å²) < 4.78 is 19.8. The Hall–Kier alpha value is -1.35. The summed E-state index contributed by atoms with van der Waals surface area (Å²) >= 11 is 3.31. The maximum Gasteiger partial charge on any atom is 0.169 e. The largest absolute Gasteiger partial charge is 0.485 e. The minimum absolute atomic E-state index is 0.263. The zero-order valence-electron chi connectivity index (χ0n) is 9.41. The molecule has 0 heterocycles. The van der Waals surface area contributed by atoms with Gasteiger partial charge in [0.15, 0.2) is 11.6 Å². The van der Waals surface area contributed by atoms with Crippen molar-refractivity contribution in [2.45, 2.75) is 13.5 Å². The molecular formula is C14H12BrFO. The quantitative estimate of drug-likeness (QED) is 0.811. The van der Waals surface area contributed by atoms with Crippen molar-refractivity contribution in [3.63, 3.8) is 0 Å². The Morgan fingerprint density at radius 3 is 2.53 bits per heavy atom. The fourth-order valence-electron chi connectivity index (χ4n) is 1.55. The average molecular weight is 295 g/mol. The number of rotatable bonds is 3. The molecule has 0 radical (unpaired) electrons. The molecule has 17 heavy (non-hydrogen) atoms. The standard InChI is InChI=1S/C14H12BrFO/c1-10-7-12(15)14(13(16)8-10)17-9-11-5-3-2-4-6-11/h2-8H,9H2,1H3. The van der Waals surface area contributed by atoms with Gasteiger partial charge >= 0.3 is 0 Å². The molecule has 0 unspecified atom stereocenters. The van der Waals surface area contributed by atoms with E-state index in [2.05, 4.69) is 15.9 Å². The minimum atomic E-state index is -0.340. The Morgan fingerprint density at radius 1 is 1.18 bits per heavy atom. The monoisotopic (exact) mass is 294 g/mol. The molecule has 0 N–H and O–H groups in total. The van der Waals surface area contributed by atoms with Crippen LogP contribution in [0.15, 0.2) is 46.9 Å². The molecule has 0 fully saturated rings. The van der Waals surface area contributed by atoms with Crippen LogP contribution in [0.2, 0.25) is 0 Å². The molecule has 2 aromatic rings. The molecule has 88 valence electrons. The Morgan fingerprint density at radius 2 is 1.88 bits per heavy atom. The van der Waals surface area contributed by atoms with Gasteiger partial charge in [-0.05, 0) is 46.1 Å². The molecule has 0 aliphatic heterocycles. The van der Waals surface area contributed by atoms with Crippen molar-refractivity contribution in [2.75, 3.05) is 0 Å². The number of benzene rings is 2. The van der Waals surface area contributed by atoms with Crippen LogP contribution >= 0.6 is 15.9 Å². The van der Waals surface area contributed by atoms with E-state index in [1.807, 2.05) is 43.3 Å². The van der Waals surface area contributed by atoms with Crippen LogP contribution in [-0.2, 0) is 6.61 Å². The van der Waals surface area contributed by atoms with Gasteiger partial charge in [-0.15, -0.1) is 0 Å². The summed E-state index contributed by atoms with van der Waals surface area (Å²) in [6, 6.07) is 13.0. The first kappa shape index (κ1) is 12.1. The Bertz CT molecular complexity index is 488. The summed E-state index contributed by atoms with van der Waals surface area (Å²) in [5.41, 5.74) is 1.88. The molecule has 0 saturated carbocycles. The van der Waals surface area contributed by atoms with E-state index in [1.54, 1.807) is 0 Å². The molecule has 0 saturated heterocycles. The maximum absolute atomic E-state index is 13.7. The molecule has 0 atom stereocenters. The highest BCUT2D eigenvalue weighted by atomic mass is 79.9. The zero-order chi connectivity index (χ0) is 12.3. The SMILES string of the molecule is Cc1cc(F)c(OCc2ccccc2)c(Br)c1. The Balaban J connectivity index is 2.15. The van der Waals surface area contributed by atoms with Crippen LogP contribution in [0.1, 0.15) is 11.1 Å². The minimum Gasteiger partial charge on any atom is -0.485 e. The van der Waals surface area contributed by atoms with Crippen LogP contribution in [0.4, 0.5) is 4.39 Å². The van der Waals surface area contributed by atoms with Crippen molar-refractivity contribution in [3.8, 4) is 5.75 Å². The summed E-state index contributed by atoms with van der Waals surface area (Å²) in [4.78, 5) is 0. The van der Waals surface area contributed by atoms with Gasteiger partial charge < -0.3 is 4.74 Å². The number of halogens is 2. The average Bonchev–Trinajstić information content (AvgIpc) is 2.29. The van der Waals surface area contributed by atoms with Gasteiger partial charge in [-0.2, -0.15) is 0 Å². The van der Waals surface area contributed by atoms with Gasteiger partial charge in [0.25, 0.3) is 0 Å². The molecular weight excluding hydrogens is 283 g/mol. The molecule has 0 aliphatic rings. The van der Waals surface area contributed by atoms with E-state index in [4.69, 9.17) is 4.74 Å². The molecule has 0 amide bonds. The third kappa shape index (κ3) is 3.07. The predicted molar refractivity (Wildman–Crippen MR) is 69.6 cm³/mol. The highest BCUT2D eigenvalue weighted by Crippen LogP contribution is 2.30. The van der Waals surface area contributed by atoms with Crippen molar-refractivity contribution >= 4 is 15.9 Å². The third-order valence-corrected chi connectivity index (χ3v) is 2.96. The zero-order valence-corrected chi connectivity index (χ0v) is 11.0. The molecule has 2 aromatic carbocycles. The van der Waals surface area contributed by atoms with Gasteiger partial charge in [0.1, 0.15) is 6.61 Å². The maximum atomic E-state index is 13.7. The molecule has 2 rings (SSSR count). The predicted octanol–water partition coefficient (Wildman–Crippen LogP) is 4.48. The second-order valence-corrected chi connectivity index (χ2v) is 4.69. The van der Waals surface area contributed by atoms with Crippen molar-refractivity contribution < 1.29 is 9.13 Å². The van der Waals surface area contributed by atoms with Crippen LogP contribution in [0.5, 0.6) is 5.75 Å². The van der Waals surface area contributed by atoms with E-state index >= 15 is 0 Å². The number of hydrogen-bond acceptors (Lipinski definition) is 1. The summed E-state index contributed by atoms with van der Waals surface area (Å²) in [7, 11) is 0. The van der Waals surface area contributed by atoms with E-state index in [1.165, 1.54) is 6.07 Å². The lowest BCUT2D eigenvalue weighted by Gasteiger charge is -2.10. The van der Waals surface area contributed by atoms with Crippen molar-refractivity contribution in [2.24, 2.45) is 0 Å². The molecule has 0 bridgehead atoms. The summed E-state index contributed by atoms with van der Waals surface area (Å²) in [6.07, 6.45) is 0. The van der Waals surface area contributed by atoms with Crippen LogP contribution in [0, 0.1) is 12.7 Å². The van der Waals surface area contributed by atoms with Crippen LogP contribution in [-0.4, -0.2) is 0 Å². The molecule has 1 nitrogen and oxygen atoms in total. The smallest absolute Gasteiger partial charge is 0.169 e. The van der Waals surface area contributed by atoms with Crippen molar-refractivity contribution in [1.82, 2.24) is 0 Å². The van der Waals surface area contributed by atoms with Gasteiger partial charge in [-0.1, -0.05) is 30.3 Å². The van der Waals surface area contributed by atoms with E-state index in [9.17, 15) is 4.39 Å². The summed E-state index contributed by atoms with van der Waals surface area (Å²) in [5, 5.41) is 0. The van der Waals surface area contributed by atoms with Crippen molar-refractivity contribution in [1.29, 1.82) is 0 Å². The summed E-state index contributed by atoms with van der Waals surface area (Å²) in [6.45, 7) is 2.20. The first-order valence-electron chi connectivity index (χ1n) is 5.29. The normalized spacial score (nSPS) is 10.3. The lowest BCUT2D eigenvalue weighted by molar-refractivity contribution is 0.288. The Kier molecular flexibility index (Phi) is 3.79. The second kappa shape index (κ2) is 5.32. The molecule has 0 aliphatic carbocycles. The topological polar surface area (TPSA) is 9.23 Å². The van der Waals surface area contributed by atoms with E-state index in [0.717, 1.165) is 11.1 Å². The first-order valence-corrected chi connectivity index (χ1v) is 6.08. The fourth-order valence-corrected chi connectivity index (χ4v) is 2.22. The van der Waals surface area contributed by atoms with Crippen molar-refractivity contribution in [3.05, 3.63) is 63.9 Å². The highest BCUT2D eigenvalue weighted by molar-refractivity contribution is 9.10. The van der Waals surface area contributed by atoms with Crippen LogP contribution in [0.3, 0.4) is 0 Å². The van der Waals surface area contributed by atoms with E-state index in [0.29, 0.717) is 11.1 Å². The number of ether oxygens (including phenoxy) is 1. The Labute approximate surface area is 108 Å². The first-order chi connectivity index (χ1) is 8.16. The highest BCUT2D eigenvalue weighted by Gasteiger charge is 2.09. The van der Waals surface area contributed by atoms with Crippen LogP contribution in [0.25, 0.3) is 0 Å². The van der Waals surface area contributed by atoms with Gasteiger partial charge in [0, 0.05) is 0 Å². The molecule has 3 heteroatoms. The van der Waals surface area contributed by atoms with Gasteiger partial charge in [0.2, 0.25) is 0 Å².